The van der Waals surface area contributed by atoms with Gasteiger partial charge < -0.3 is 10.5 Å². The maximum Gasteiger partial charge on any atom is 0.120 e. The molecule has 74 valence electrons. The smallest absolute Gasteiger partial charge is 0.120 e. The molecule has 2 nitrogen and oxygen atoms in total. The number of hydrogen-bond acceptors (Lipinski definition) is 2. The molecule has 0 aliphatic heterocycles. The highest BCUT2D eigenvalue weighted by Gasteiger charge is 2.04. The summed E-state index contributed by atoms with van der Waals surface area (Å²) >= 11 is 3.43. The van der Waals surface area contributed by atoms with Gasteiger partial charge in [0.2, 0.25) is 0 Å². The van der Waals surface area contributed by atoms with E-state index in [0.717, 1.165) is 15.8 Å². The third-order valence-electron chi connectivity index (χ3n) is 1.70. The van der Waals surface area contributed by atoms with Gasteiger partial charge in [-0.3, -0.25) is 0 Å². The maximum absolute atomic E-state index is 5.74. The molecule has 13 heavy (non-hydrogen) atoms. The first-order valence-electron chi connectivity index (χ1n) is 3.74. The predicted molar refractivity (Wildman–Crippen MR) is 60.5 cm³/mol. The Bertz CT molecular complexity index is 278. The second kappa shape index (κ2) is 5.47. The molecule has 0 saturated carbocycles. The van der Waals surface area contributed by atoms with Crippen molar-refractivity contribution in [3.63, 3.8) is 0 Å². The molecule has 0 bridgehead atoms. The molecule has 1 rings (SSSR count). The van der Waals surface area contributed by atoms with Crippen LogP contribution in [0.5, 0.6) is 5.75 Å². The van der Waals surface area contributed by atoms with E-state index in [1.54, 1.807) is 7.11 Å². The summed E-state index contributed by atoms with van der Waals surface area (Å²) in [5.74, 6) is 0.839. The van der Waals surface area contributed by atoms with Gasteiger partial charge >= 0.3 is 0 Å². The van der Waals surface area contributed by atoms with E-state index in [1.165, 1.54) is 0 Å². The van der Waals surface area contributed by atoms with Gasteiger partial charge in [-0.15, -0.1) is 12.4 Å². The average Bonchev–Trinajstić information content (AvgIpc) is 2.03. The molecule has 1 unspecified atom stereocenters. The lowest BCUT2D eigenvalue weighted by Gasteiger charge is -2.09. The van der Waals surface area contributed by atoms with E-state index >= 15 is 0 Å². The Kier molecular flexibility index (Phi) is 5.37. The molecule has 0 aromatic heterocycles. The highest BCUT2D eigenvalue weighted by Crippen LogP contribution is 2.26. The Morgan fingerprint density at radius 3 is 2.46 bits per heavy atom. The van der Waals surface area contributed by atoms with Crippen molar-refractivity contribution in [2.75, 3.05) is 7.11 Å². The Morgan fingerprint density at radius 1 is 1.46 bits per heavy atom. The van der Waals surface area contributed by atoms with Gasteiger partial charge in [0.15, 0.2) is 0 Å². The van der Waals surface area contributed by atoms with Crippen molar-refractivity contribution in [2.45, 2.75) is 13.0 Å². The van der Waals surface area contributed by atoms with Crippen LogP contribution in [0.1, 0.15) is 18.5 Å². The molecule has 0 amide bonds. The van der Waals surface area contributed by atoms with Gasteiger partial charge in [0.05, 0.1) is 7.11 Å². The molecule has 0 radical (unpaired) electrons. The molecular weight excluding hydrogens is 253 g/mol. The van der Waals surface area contributed by atoms with Gasteiger partial charge in [0.25, 0.3) is 0 Å². The molecular formula is C9H13BrClNO. The molecule has 0 spiro atoms. The molecule has 0 aliphatic carbocycles. The van der Waals surface area contributed by atoms with Crippen molar-refractivity contribution in [3.05, 3.63) is 28.2 Å². The highest BCUT2D eigenvalue weighted by molar-refractivity contribution is 9.10. The van der Waals surface area contributed by atoms with Crippen molar-refractivity contribution in [3.8, 4) is 5.75 Å². The topological polar surface area (TPSA) is 35.2 Å². The van der Waals surface area contributed by atoms with Crippen LogP contribution >= 0.6 is 28.3 Å². The Labute approximate surface area is 93.0 Å². The largest absolute Gasteiger partial charge is 0.497 e. The van der Waals surface area contributed by atoms with Gasteiger partial charge in [0, 0.05) is 10.5 Å². The Hall–Kier alpha value is -0.250. The summed E-state index contributed by atoms with van der Waals surface area (Å²) in [6.07, 6.45) is 0. The Morgan fingerprint density at radius 2 is 2.08 bits per heavy atom. The predicted octanol–water partition coefficient (Wildman–Crippen LogP) is 2.90. The van der Waals surface area contributed by atoms with Crippen LogP contribution in [0.15, 0.2) is 22.7 Å². The minimum Gasteiger partial charge on any atom is -0.497 e. The van der Waals surface area contributed by atoms with Crippen LogP contribution in [0.25, 0.3) is 0 Å². The molecule has 0 aliphatic rings. The fourth-order valence-electron chi connectivity index (χ4n) is 1.00. The van der Waals surface area contributed by atoms with Gasteiger partial charge in [-0.05, 0) is 24.6 Å². The first-order chi connectivity index (χ1) is 5.65. The minimum absolute atomic E-state index is 0. The van der Waals surface area contributed by atoms with Crippen molar-refractivity contribution >= 4 is 28.3 Å². The van der Waals surface area contributed by atoms with Crippen molar-refractivity contribution in [1.82, 2.24) is 0 Å². The van der Waals surface area contributed by atoms with Crippen molar-refractivity contribution in [1.29, 1.82) is 0 Å². The van der Waals surface area contributed by atoms with E-state index < -0.39 is 0 Å². The maximum atomic E-state index is 5.74. The highest BCUT2D eigenvalue weighted by atomic mass is 79.9. The first kappa shape index (κ1) is 12.8. The quantitative estimate of drug-likeness (QED) is 0.893. The minimum atomic E-state index is 0. The Balaban J connectivity index is 0.00000144. The number of nitrogens with two attached hydrogens (primary N) is 1. The summed E-state index contributed by atoms with van der Waals surface area (Å²) < 4.78 is 6.06. The van der Waals surface area contributed by atoms with Gasteiger partial charge in [0.1, 0.15) is 5.75 Å². The molecule has 0 saturated heterocycles. The van der Waals surface area contributed by atoms with Crippen molar-refractivity contribution < 1.29 is 4.74 Å². The van der Waals surface area contributed by atoms with Crippen molar-refractivity contribution in [2.24, 2.45) is 5.73 Å². The van der Waals surface area contributed by atoms with Gasteiger partial charge in [-0.2, -0.15) is 0 Å². The SMILES string of the molecule is COc1ccc(C(C)N)c(Br)c1.Cl. The number of hydrogen-bond donors (Lipinski definition) is 1. The van der Waals surface area contributed by atoms with E-state index in [0.29, 0.717) is 0 Å². The summed E-state index contributed by atoms with van der Waals surface area (Å²) in [5.41, 5.74) is 6.83. The van der Waals surface area contributed by atoms with E-state index in [-0.39, 0.29) is 18.4 Å². The zero-order chi connectivity index (χ0) is 9.14. The monoisotopic (exact) mass is 265 g/mol. The fraction of sp³-hybridized carbons (Fsp3) is 0.333. The second-order valence-corrected chi connectivity index (χ2v) is 3.53. The first-order valence-corrected chi connectivity index (χ1v) is 4.53. The summed E-state index contributed by atoms with van der Waals surface area (Å²) in [4.78, 5) is 0. The molecule has 0 fully saturated rings. The summed E-state index contributed by atoms with van der Waals surface area (Å²) in [6, 6.07) is 5.83. The van der Waals surface area contributed by atoms with Gasteiger partial charge in [-0.25, -0.2) is 0 Å². The van der Waals surface area contributed by atoms with Crippen LogP contribution in [-0.4, -0.2) is 7.11 Å². The normalized spacial score (nSPS) is 11.7. The summed E-state index contributed by atoms with van der Waals surface area (Å²) in [7, 11) is 1.65. The van der Waals surface area contributed by atoms with Crippen LogP contribution in [0.2, 0.25) is 0 Å². The van der Waals surface area contributed by atoms with Crippen LogP contribution in [0.4, 0.5) is 0 Å². The van der Waals surface area contributed by atoms with Crippen LogP contribution in [-0.2, 0) is 0 Å². The van der Waals surface area contributed by atoms with E-state index in [2.05, 4.69) is 15.9 Å². The lowest BCUT2D eigenvalue weighted by atomic mass is 10.1. The van der Waals surface area contributed by atoms with Gasteiger partial charge in [-0.1, -0.05) is 22.0 Å². The van der Waals surface area contributed by atoms with Crippen LogP contribution in [0.3, 0.4) is 0 Å². The van der Waals surface area contributed by atoms with E-state index in [4.69, 9.17) is 10.5 Å². The number of benzene rings is 1. The number of halogens is 2. The lowest BCUT2D eigenvalue weighted by molar-refractivity contribution is 0.414. The standard InChI is InChI=1S/C9H12BrNO.ClH/c1-6(11)8-4-3-7(12-2)5-9(8)10;/h3-6H,11H2,1-2H3;1H. The average molecular weight is 267 g/mol. The zero-order valence-corrected chi connectivity index (χ0v) is 9.98. The molecule has 0 heterocycles. The van der Waals surface area contributed by atoms with Crippen LogP contribution < -0.4 is 10.5 Å². The molecule has 1 atom stereocenters. The molecule has 4 heteroatoms. The number of methoxy groups -OCH3 is 1. The van der Waals surface area contributed by atoms with E-state index in [9.17, 15) is 0 Å². The molecule has 1 aromatic rings. The number of rotatable bonds is 2. The fourth-order valence-corrected chi connectivity index (χ4v) is 1.72. The second-order valence-electron chi connectivity index (χ2n) is 2.68. The third-order valence-corrected chi connectivity index (χ3v) is 2.38. The molecule has 1 aromatic carbocycles. The number of ether oxygens (including phenoxy) is 1. The lowest BCUT2D eigenvalue weighted by Crippen LogP contribution is -2.05. The zero-order valence-electron chi connectivity index (χ0n) is 7.58. The summed E-state index contributed by atoms with van der Waals surface area (Å²) in [5, 5.41) is 0. The summed E-state index contributed by atoms with van der Waals surface area (Å²) in [6.45, 7) is 1.95. The third kappa shape index (κ3) is 3.18. The van der Waals surface area contributed by atoms with Crippen LogP contribution in [0, 0.1) is 0 Å². The molecule has 2 N–H and O–H groups in total. The van der Waals surface area contributed by atoms with E-state index in [1.807, 2.05) is 25.1 Å².